The maximum atomic E-state index is 11.0. The lowest BCUT2D eigenvalue weighted by Gasteiger charge is -2.27. The van der Waals surface area contributed by atoms with E-state index >= 15 is 0 Å². The summed E-state index contributed by atoms with van der Waals surface area (Å²) in [6.45, 7) is 8.00. The Hall–Kier alpha value is -0.610. The normalized spacial score (nSPS) is 13.3. The minimum absolute atomic E-state index is 0.410. The molecule has 0 aromatic rings. The van der Waals surface area contributed by atoms with E-state index in [4.69, 9.17) is 5.11 Å². The van der Waals surface area contributed by atoms with Crippen molar-refractivity contribution in [2.75, 3.05) is 20.1 Å². The Labute approximate surface area is 105 Å². The van der Waals surface area contributed by atoms with E-state index < -0.39 is 12.0 Å². The van der Waals surface area contributed by atoms with E-state index in [0.29, 0.717) is 12.5 Å². The van der Waals surface area contributed by atoms with Gasteiger partial charge in [-0.05, 0) is 39.3 Å². The van der Waals surface area contributed by atoms with Crippen LogP contribution in [0.3, 0.4) is 0 Å². The first-order valence-electron chi connectivity index (χ1n) is 6.73. The molecule has 0 spiro atoms. The maximum absolute atomic E-state index is 11.0. The summed E-state index contributed by atoms with van der Waals surface area (Å²) < 4.78 is 0. The molecule has 0 amide bonds. The monoisotopic (exact) mass is 244 g/mol. The fourth-order valence-corrected chi connectivity index (χ4v) is 2.06. The first-order valence-corrected chi connectivity index (χ1v) is 6.73. The van der Waals surface area contributed by atoms with Gasteiger partial charge in [-0.2, -0.15) is 0 Å². The van der Waals surface area contributed by atoms with Crippen molar-refractivity contribution in [1.29, 1.82) is 0 Å². The van der Waals surface area contributed by atoms with Gasteiger partial charge >= 0.3 is 5.97 Å². The molecule has 0 aliphatic rings. The van der Waals surface area contributed by atoms with Crippen molar-refractivity contribution in [2.24, 2.45) is 0 Å². The smallest absolute Gasteiger partial charge is 0.320 e. The number of carbonyl (C=O) groups is 1. The van der Waals surface area contributed by atoms with E-state index in [1.807, 2.05) is 6.92 Å². The van der Waals surface area contributed by atoms with Crippen LogP contribution < -0.4 is 5.32 Å². The topological polar surface area (TPSA) is 52.6 Å². The van der Waals surface area contributed by atoms with Gasteiger partial charge in [-0.1, -0.05) is 20.8 Å². The van der Waals surface area contributed by atoms with Crippen molar-refractivity contribution in [2.45, 2.75) is 58.5 Å². The molecule has 0 aromatic heterocycles. The summed E-state index contributed by atoms with van der Waals surface area (Å²) in [4.78, 5) is 13.3. The Kier molecular flexibility index (Phi) is 9.09. The summed E-state index contributed by atoms with van der Waals surface area (Å²) >= 11 is 0. The highest BCUT2D eigenvalue weighted by atomic mass is 16.4. The van der Waals surface area contributed by atoms with E-state index in [1.165, 1.54) is 0 Å². The van der Waals surface area contributed by atoms with Crippen LogP contribution in [0.5, 0.6) is 0 Å². The average molecular weight is 244 g/mol. The van der Waals surface area contributed by atoms with Crippen LogP contribution in [0.2, 0.25) is 0 Å². The van der Waals surface area contributed by atoms with Gasteiger partial charge in [-0.15, -0.1) is 0 Å². The second-order valence-electron chi connectivity index (χ2n) is 4.58. The molecule has 17 heavy (non-hydrogen) atoms. The number of rotatable bonds is 10. The summed E-state index contributed by atoms with van der Waals surface area (Å²) in [6, 6.07) is 0.155. The molecule has 0 aromatic carbocycles. The largest absolute Gasteiger partial charge is 0.480 e. The van der Waals surface area contributed by atoms with E-state index in [2.05, 4.69) is 31.1 Å². The van der Waals surface area contributed by atoms with Crippen molar-refractivity contribution in [1.82, 2.24) is 10.2 Å². The summed E-state index contributed by atoms with van der Waals surface area (Å²) in [5, 5.41) is 12.2. The Balaban J connectivity index is 4.06. The second-order valence-corrected chi connectivity index (χ2v) is 4.58. The first-order chi connectivity index (χ1) is 8.06. The number of nitrogens with zero attached hydrogens (tertiary/aromatic N) is 1. The van der Waals surface area contributed by atoms with Crippen LogP contribution in [-0.4, -0.2) is 48.2 Å². The van der Waals surface area contributed by atoms with Gasteiger partial charge < -0.3 is 15.3 Å². The molecule has 4 nitrogen and oxygen atoms in total. The fourth-order valence-electron chi connectivity index (χ4n) is 2.06. The predicted molar refractivity (Wildman–Crippen MR) is 71.3 cm³/mol. The Bertz CT molecular complexity index is 206. The van der Waals surface area contributed by atoms with Crippen molar-refractivity contribution >= 4 is 5.97 Å². The van der Waals surface area contributed by atoms with Crippen molar-refractivity contribution in [3.05, 3.63) is 0 Å². The zero-order chi connectivity index (χ0) is 13.3. The summed E-state index contributed by atoms with van der Waals surface area (Å²) in [6.07, 6.45) is 3.87. The van der Waals surface area contributed by atoms with Crippen LogP contribution >= 0.6 is 0 Å². The fraction of sp³-hybridized carbons (Fsp3) is 0.923. The lowest BCUT2D eigenvalue weighted by atomic mass is 10.1. The van der Waals surface area contributed by atoms with Crippen LogP contribution in [0.25, 0.3) is 0 Å². The number of aliphatic carboxylic acids is 1. The molecule has 1 atom stereocenters. The second kappa shape index (κ2) is 9.42. The van der Waals surface area contributed by atoms with Gasteiger partial charge in [0.05, 0.1) is 0 Å². The molecule has 1 unspecified atom stereocenters. The molecule has 0 radical (unpaired) electrons. The number of nitrogens with one attached hydrogen (secondary N) is 1. The molecule has 102 valence electrons. The third-order valence-electron chi connectivity index (χ3n) is 3.28. The number of carboxylic acids is 1. The summed E-state index contributed by atoms with van der Waals surface area (Å²) in [5.41, 5.74) is 0. The first kappa shape index (κ1) is 16.4. The average Bonchev–Trinajstić information content (AvgIpc) is 2.30. The van der Waals surface area contributed by atoms with Crippen molar-refractivity contribution in [3.63, 3.8) is 0 Å². The van der Waals surface area contributed by atoms with Gasteiger partial charge in [-0.25, -0.2) is 0 Å². The lowest BCUT2D eigenvalue weighted by Crippen LogP contribution is -2.41. The highest BCUT2D eigenvalue weighted by molar-refractivity contribution is 5.73. The molecular weight excluding hydrogens is 216 g/mol. The third kappa shape index (κ3) is 6.64. The highest BCUT2D eigenvalue weighted by Crippen LogP contribution is 2.07. The molecule has 0 bridgehead atoms. The van der Waals surface area contributed by atoms with Crippen molar-refractivity contribution < 1.29 is 9.90 Å². The zero-order valence-electron chi connectivity index (χ0n) is 11.7. The van der Waals surface area contributed by atoms with E-state index in [0.717, 1.165) is 32.4 Å². The van der Waals surface area contributed by atoms with Crippen LogP contribution in [0, 0.1) is 0 Å². The standard InChI is InChI=1S/C13H28N2O2/c1-5-9-14-12(13(16)17)8-10-15(4)11(6-2)7-3/h11-12,14H,5-10H2,1-4H3,(H,16,17). The molecular formula is C13H28N2O2. The predicted octanol–water partition coefficient (Wildman–Crippen LogP) is 1.95. The van der Waals surface area contributed by atoms with Gasteiger partial charge in [0, 0.05) is 12.6 Å². The molecule has 0 rings (SSSR count). The lowest BCUT2D eigenvalue weighted by molar-refractivity contribution is -0.139. The van der Waals surface area contributed by atoms with Gasteiger partial charge in [0.25, 0.3) is 0 Å². The van der Waals surface area contributed by atoms with Crippen molar-refractivity contribution in [3.8, 4) is 0 Å². The molecule has 0 aliphatic heterocycles. The van der Waals surface area contributed by atoms with E-state index in [-0.39, 0.29) is 0 Å². The maximum Gasteiger partial charge on any atom is 0.320 e. The number of hydrogen-bond donors (Lipinski definition) is 2. The Morgan fingerprint density at radius 3 is 2.29 bits per heavy atom. The molecule has 0 heterocycles. The minimum atomic E-state index is -0.739. The quantitative estimate of drug-likeness (QED) is 0.617. The van der Waals surface area contributed by atoms with Crippen LogP contribution in [-0.2, 0) is 4.79 Å². The Morgan fingerprint density at radius 2 is 1.88 bits per heavy atom. The van der Waals surface area contributed by atoms with Crippen LogP contribution in [0.4, 0.5) is 0 Å². The third-order valence-corrected chi connectivity index (χ3v) is 3.28. The number of carboxylic acid groups (broad SMARTS) is 1. The molecule has 0 saturated heterocycles. The highest BCUT2D eigenvalue weighted by Gasteiger charge is 2.18. The Morgan fingerprint density at radius 1 is 1.29 bits per heavy atom. The SMILES string of the molecule is CCCNC(CCN(C)C(CC)CC)C(=O)O. The van der Waals surface area contributed by atoms with Gasteiger partial charge in [0.2, 0.25) is 0 Å². The van der Waals surface area contributed by atoms with Gasteiger partial charge in [0.15, 0.2) is 0 Å². The van der Waals surface area contributed by atoms with Gasteiger partial charge in [0.1, 0.15) is 6.04 Å². The zero-order valence-corrected chi connectivity index (χ0v) is 11.7. The molecule has 0 aliphatic carbocycles. The molecule has 2 N–H and O–H groups in total. The molecule has 4 heteroatoms. The van der Waals surface area contributed by atoms with E-state index in [9.17, 15) is 4.79 Å². The summed E-state index contributed by atoms with van der Waals surface area (Å²) in [7, 11) is 2.08. The van der Waals surface area contributed by atoms with E-state index in [1.54, 1.807) is 0 Å². The minimum Gasteiger partial charge on any atom is -0.480 e. The van der Waals surface area contributed by atoms with Gasteiger partial charge in [-0.3, -0.25) is 4.79 Å². The van der Waals surface area contributed by atoms with Crippen LogP contribution in [0.1, 0.15) is 46.5 Å². The number of hydrogen-bond acceptors (Lipinski definition) is 3. The molecule has 0 saturated carbocycles. The summed E-state index contributed by atoms with van der Waals surface area (Å²) in [5.74, 6) is -0.739. The molecule has 0 fully saturated rings. The van der Waals surface area contributed by atoms with Crippen LogP contribution in [0.15, 0.2) is 0 Å².